The van der Waals surface area contributed by atoms with Gasteiger partial charge in [0.2, 0.25) is 5.28 Å². The second-order valence-corrected chi connectivity index (χ2v) is 12.2. The number of aliphatic hydroxyl groups is 3. The van der Waals surface area contributed by atoms with Crippen LogP contribution in [-0.4, -0.2) is 108 Å². The van der Waals surface area contributed by atoms with Crippen molar-refractivity contribution in [3.05, 3.63) is 17.3 Å². The van der Waals surface area contributed by atoms with Crippen molar-refractivity contribution in [3.8, 4) is 0 Å². The third-order valence-corrected chi connectivity index (χ3v) is 9.08. The normalized spacial score (nSPS) is 25.6. The van der Waals surface area contributed by atoms with Gasteiger partial charge < -0.3 is 39.9 Å². The molecule has 5 atom stereocenters. The van der Waals surface area contributed by atoms with Gasteiger partial charge >= 0.3 is 7.60 Å². The number of nitrogens with zero attached hydrogens (tertiary/aromatic N) is 7. The molecule has 3 aromatic rings. The monoisotopic (exact) mass is 603 g/mol. The van der Waals surface area contributed by atoms with Crippen molar-refractivity contribution in [1.82, 2.24) is 40.4 Å². The summed E-state index contributed by atoms with van der Waals surface area (Å²) in [7, 11) is -5.02. The molecule has 0 radical (unpaired) electrons. The first-order chi connectivity index (χ1) is 19.1. The zero-order chi connectivity index (χ0) is 28.5. The average Bonchev–Trinajstić information content (AvgIpc) is 3.71. The molecule has 0 aromatic carbocycles. The highest BCUT2D eigenvalue weighted by atomic mass is 35.5. The predicted molar refractivity (Wildman–Crippen MR) is 137 cm³/mol. The molecule has 1 aliphatic carbocycles. The largest absolute Gasteiger partial charge is 0.393 e. The molecule has 1 aliphatic heterocycles. The second kappa shape index (κ2) is 11.9. The van der Waals surface area contributed by atoms with Crippen LogP contribution in [0.1, 0.15) is 50.6 Å². The van der Waals surface area contributed by atoms with E-state index >= 15 is 0 Å². The van der Waals surface area contributed by atoms with Gasteiger partial charge in [-0.2, -0.15) is 20.3 Å². The summed E-state index contributed by atoms with van der Waals surface area (Å²) in [5.74, 6) is 0.825. The van der Waals surface area contributed by atoms with Gasteiger partial charge in [0.25, 0.3) is 0 Å². The average molecular weight is 604 g/mol. The molecule has 7 N–H and O–H groups in total. The molecular formula is C21H31ClN9O8P. The standard InChI is InChI=1S/C21H31ClN9O8P/c22-20-25-17(24-11-4-1-2-5-11)12-8-23-31(18(12)26-20)19-16(34)15(33)13(39-19)9-38-21(10-32,40(35,36)37)7-3-6-14-27-29-30-28-14/h8,11,13,15-16,19,32-34H,1-7,9-10H2,(H,24,25,26)(H2,35,36,37)(H,27,28,29,30)/t13-,15-,16-,19?,21?/m1/s1. The predicted octanol–water partition coefficient (Wildman–Crippen LogP) is -0.128. The molecule has 0 bridgehead atoms. The van der Waals surface area contributed by atoms with Gasteiger partial charge in [-0.1, -0.05) is 18.1 Å². The number of anilines is 1. The fourth-order valence-electron chi connectivity index (χ4n) is 5.09. The van der Waals surface area contributed by atoms with Crippen molar-refractivity contribution in [3.63, 3.8) is 0 Å². The van der Waals surface area contributed by atoms with E-state index in [9.17, 15) is 29.7 Å². The molecule has 19 heteroatoms. The fourth-order valence-corrected chi connectivity index (χ4v) is 6.14. The smallest absolute Gasteiger partial charge is 0.359 e. The minimum Gasteiger partial charge on any atom is -0.393 e. The summed E-state index contributed by atoms with van der Waals surface area (Å²) in [5.41, 5.74) is 0.264. The topological polar surface area (TPSA) is 247 Å². The molecule has 4 heterocycles. The number of aromatic amines is 1. The van der Waals surface area contributed by atoms with Gasteiger partial charge in [-0.25, -0.2) is 4.68 Å². The molecule has 0 spiro atoms. The van der Waals surface area contributed by atoms with Crippen LogP contribution in [0.4, 0.5) is 5.82 Å². The Balaban J connectivity index is 1.31. The van der Waals surface area contributed by atoms with Crippen molar-refractivity contribution in [2.45, 2.75) is 80.9 Å². The van der Waals surface area contributed by atoms with E-state index < -0.39 is 50.7 Å². The molecule has 3 aromatic heterocycles. The zero-order valence-corrected chi connectivity index (χ0v) is 22.9. The maximum absolute atomic E-state index is 12.4. The number of rotatable bonds is 12. The Hall–Kier alpha value is -2.34. The van der Waals surface area contributed by atoms with Crippen molar-refractivity contribution < 1.29 is 39.1 Å². The van der Waals surface area contributed by atoms with E-state index in [1.807, 2.05) is 0 Å². The van der Waals surface area contributed by atoms with Gasteiger partial charge in [0.1, 0.15) is 24.1 Å². The van der Waals surface area contributed by atoms with Crippen molar-refractivity contribution in [2.24, 2.45) is 0 Å². The Labute approximate surface area is 232 Å². The first kappa shape index (κ1) is 29.2. The first-order valence-electron chi connectivity index (χ1n) is 12.8. The summed E-state index contributed by atoms with van der Waals surface area (Å²) in [6.45, 7) is -1.56. The van der Waals surface area contributed by atoms with Crippen LogP contribution in [0.2, 0.25) is 5.28 Å². The summed E-state index contributed by atoms with van der Waals surface area (Å²) < 4.78 is 25.1. The van der Waals surface area contributed by atoms with E-state index in [1.54, 1.807) is 0 Å². The van der Waals surface area contributed by atoms with Gasteiger partial charge in [-0.3, -0.25) is 4.57 Å². The van der Waals surface area contributed by atoms with Crippen LogP contribution < -0.4 is 5.32 Å². The molecule has 1 saturated carbocycles. The molecule has 40 heavy (non-hydrogen) atoms. The molecule has 2 aliphatic rings. The lowest BCUT2D eigenvalue weighted by atomic mass is 10.1. The van der Waals surface area contributed by atoms with Crippen LogP contribution in [0.3, 0.4) is 0 Å². The Kier molecular flexibility index (Phi) is 8.66. The maximum Gasteiger partial charge on any atom is 0.359 e. The number of fused-ring (bicyclic) bond motifs is 1. The second-order valence-electron chi connectivity index (χ2n) is 9.98. The van der Waals surface area contributed by atoms with Crippen LogP contribution in [0, 0.1) is 0 Å². The number of tetrazole rings is 1. The summed E-state index contributed by atoms with van der Waals surface area (Å²) in [4.78, 5) is 28.6. The third kappa shape index (κ3) is 5.84. The highest BCUT2D eigenvalue weighted by Gasteiger charge is 2.51. The van der Waals surface area contributed by atoms with Crippen molar-refractivity contribution >= 4 is 36.0 Å². The zero-order valence-electron chi connectivity index (χ0n) is 21.2. The van der Waals surface area contributed by atoms with E-state index in [4.69, 9.17) is 21.1 Å². The van der Waals surface area contributed by atoms with Crippen LogP contribution >= 0.6 is 19.2 Å². The minimum atomic E-state index is -5.02. The summed E-state index contributed by atoms with van der Waals surface area (Å²) in [6, 6.07) is 0.238. The number of aliphatic hydroxyl groups excluding tert-OH is 3. The number of nitrogens with one attached hydrogen (secondary N) is 2. The molecule has 17 nitrogen and oxygen atoms in total. The molecule has 220 valence electrons. The molecule has 2 fully saturated rings. The number of hydrogen-bond donors (Lipinski definition) is 7. The van der Waals surface area contributed by atoms with Gasteiger partial charge in [0, 0.05) is 12.5 Å². The summed E-state index contributed by atoms with van der Waals surface area (Å²) in [5, 5.41) is 50.7. The Morgan fingerprint density at radius 3 is 2.70 bits per heavy atom. The SMILES string of the molecule is O=P(O)(O)C(CO)(CCCc1nn[nH]n1)OC[C@H]1OC(n2ncc3c(NC4CCCC4)nc(Cl)nc32)[C@H](O)[C@@H]1O. The Morgan fingerprint density at radius 2 is 2.02 bits per heavy atom. The van der Waals surface area contributed by atoms with Gasteiger partial charge in [0.15, 0.2) is 23.0 Å². The number of aryl methyl sites for hydroxylation is 1. The van der Waals surface area contributed by atoms with E-state index in [-0.39, 0.29) is 36.2 Å². The van der Waals surface area contributed by atoms with Crippen molar-refractivity contribution in [1.29, 1.82) is 0 Å². The number of ether oxygens (including phenoxy) is 2. The van der Waals surface area contributed by atoms with Gasteiger partial charge in [-0.05, 0) is 37.3 Å². The molecule has 1 saturated heterocycles. The molecular weight excluding hydrogens is 573 g/mol. The quantitative estimate of drug-likeness (QED) is 0.105. The minimum absolute atomic E-state index is 0.0436. The lowest BCUT2D eigenvalue weighted by Gasteiger charge is -2.33. The van der Waals surface area contributed by atoms with Crippen molar-refractivity contribution in [2.75, 3.05) is 18.5 Å². The first-order valence-corrected chi connectivity index (χ1v) is 14.8. The third-order valence-electron chi connectivity index (χ3n) is 7.35. The fraction of sp³-hybridized carbons (Fsp3) is 0.714. The molecule has 2 unspecified atom stereocenters. The Morgan fingerprint density at radius 1 is 1.25 bits per heavy atom. The summed E-state index contributed by atoms with van der Waals surface area (Å²) in [6.07, 6.45) is 0.399. The Bertz CT molecular complexity index is 1340. The highest BCUT2D eigenvalue weighted by molar-refractivity contribution is 7.53. The summed E-state index contributed by atoms with van der Waals surface area (Å²) >= 11 is 6.18. The molecule has 0 amide bonds. The number of hydrogen-bond acceptors (Lipinski definition) is 13. The van der Waals surface area contributed by atoms with E-state index in [0.717, 1.165) is 25.7 Å². The lowest BCUT2D eigenvalue weighted by molar-refractivity contribution is -0.112. The van der Waals surface area contributed by atoms with Crippen LogP contribution in [-0.2, 0) is 20.5 Å². The molecule has 5 rings (SSSR count). The van der Waals surface area contributed by atoms with Gasteiger partial charge in [-0.15, -0.1) is 10.2 Å². The van der Waals surface area contributed by atoms with E-state index in [1.165, 1.54) is 10.9 Å². The number of aromatic nitrogens is 8. The maximum atomic E-state index is 12.4. The van der Waals surface area contributed by atoms with Crippen LogP contribution in [0.5, 0.6) is 0 Å². The number of halogens is 1. The van der Waals surface area contributed by atoms with Crippen LogP contribution in [0.15, 0.2) is 6.20 Å². The number of H-pyrrole nitrogens is 1. The van der Waals surface area contributed by atoms with Gasteiger partial charge in [0.05, 0.1) is 24.8 Å². The lowest BCUT2D eigenvalue weighted by Crippen LogP contribution is -2.42. The van der Waals surface area contributed by atoms with E-state index in [0.29, 0.717) is 17.0 Å². The van der Waals surface area contributed by atoms with Crippen LogP contribution in [0.25, 0.3) is 11.0 Å². The van der Waals surface area contributed by atoms with E-state index in [2.05, 4.69) is 41.0 Å². The highest BCUT2D eigenvalue weighted by Crippen LogP contribution is 2.54.